The summed E-state index contributed by atoms with van der Waals surface area (Å²) in [6.07, 6.45) is 0. The number of rotatable bonds is 7. The Kier molecular flexibility index (Phi) is 6.75. The molecule has 0 saturated heterocycles. The van der Waals surface area contributed by atoms with Gasteiger partial charge in [0.15, 0.2) is 0 Å². The number of alkyl halides is 2. The SMILES string of the molecule is CC(c1ccc(F)cc1)N(C)C(=O)CNc1ccc(SC(F)F)cc1. The van der Waals surface area contributed by atoms with E-state index in [9.17, 15) is 18.0 Å². The fraction of sp³-hybridized carbons (Fsp3) is 0.278. The van der Waals surface area contributed by atoms with E-state index < -0.39 is 5.76 Å². The summed E-state index contributed by atoms with van der Waals surface area (Å²) in [4.78, 5) is 14.3. The molecule has 0 aliphatic heterocycles. The zero-order chi connectivity index (χ0) is 18.4. The number of nitrogens with zero attached hydrogens (tertiary/aromatic N) is 1. The maximum absolute atomic E-state index is 13.0. The molecule has 1 unspecified atom stereocenters. The lowest BCUT2D eigenvalue weighted by Gasteiger charge is -2.25. The highest BCUT2D eigenvalue weighted by atomic mass is 32.2. The van der Waals surface area contributed by atoms with Crippen molar-refractivity contribution < 1.29 is 18.0 Å². The second-order valence-electron chi connectivity index (χ2n) is 5.49. The number of halogens is 3. The van der Waals surface area contributed by atoms with Crippen molar-refractivity contribution in [2.75, 3.05) is 18.9 Å². The molecule has 1 atom stereocenters. The average molecular weight is 368 g/mol. The highest BCUT2D eigenvalue weighted by molar-refractivity contribution is 7.99. The first kappa shape index (κ1) is 19.2. The molecule has 0 aliphatic carbocycles. The van der Waals surface area contributed by atoms with E-state index >= 15 is 0 Å². The number of hydrogen-bond acceptors (Lipinski definition) is 3. The van der Waals surface area contributed by atoms with Gasteiger partial charge in [0.2, 0.25) is 5.91 Å². The van der Waals surface area contributed by atoms with Gasteiger partial charge in [0.1, 0.15) is 5.82 Å². The van der Waals surface area contributed by atoms with E-state index in [-0.39, 0.29) is 24.3 Å². The lowest BCUT2D eigenvalue weighted by Crippen LogP contribution is -2.34. The quantitative estimate of drug-likeness (QED) is 0.715. The molecule has 0 fully saturated rings. The van der Waals surface area contributed by atoms with Crippen molar-refractivity contribution in [3.8, 4) is 0 Å². The molecule has 0 bridgehead atoms. The van der Waals surface area contributed by atoms with Crippen molar-refractivity contribution in [2.24, 2.45) is 0 Å². The van der Waals surface area contributed by atoms with Crippen molar-refractivity contribution in [2.45, 2.75) is 23.6 Å². The van der Waals surface area contributed by atoms with Crippen LogP contribution in [-0.4, -0.2) is 30.2 Å². The van der Waals surface area contributed by atoms with Crippen LogP contribution in [0.15, 0.2) is 53.4 Å². The van der Waals surface area contributed by atoms with Crippen molar-refractivity contribution >= 4 is 23.4 Å². The first-order valence-electron chi connectivity index (χ1n) is 7.66. The number of nitrogens with one attached hydrogen (secondary N) is 1. The number of benzene rings is 2. The number of carbonyl (C=O) groups excluding carboxylic acids is 1. The molecular formula is C18H19F3N2OS. The Hall–Kier alpha value is -2.15. The van der Waals surface area contributed by atoms with E-state index in [2.05, 4.69) is 5.32 Å². The van der Waals surface area contributed by atoms with Crippen LogP contribution < -0.4 is 5.32 Å². The van der Waals surface area contributed by atoms with Gasteiger partial charge in [-0.1, -0.05) is 23.9 Å². The average Bonchev–Trinajstić information content (AvgIpc) is 2.59. The third kappa shape index (κ3) is 5.70. The molecule has 25 heavy (non-hydrogen) atoms. The van der Waals surface area contributed by atoms with Gasteiger partial charge in [-0.15, -0.1) is 0 Å². The van der Waals surface area contributed by atoms with E-state index in [1.165, 1.54) is 12.1 Å². The third-order valence-corrected chi connectivity index (χ3v) is 4.57. The van der Waals surface area contributed by atoms with Crippen LogP contribution in [0.25, 0.3) is 0 Å². The molecule has 0 saturated carbocycles. The zero-order valence-electron chi connectivity index (χ0n) is 13.9. The minimum atomic E-state index is -2.46. The number of thioether (sulfide) groups is 1. The Morgan fingerprint density at radius 2 is 1.72 bits per heavy atom. The fourth-order valence-electron chi connectivity index (χ4n) is 2.24. The van der Waals surface area contributed by atoms with Crippen molar-refractivity contribution in [3.05, 3.63) is 59.9 Å². The standard InChI is InChI=1S/C18H19F3N2OS/c1-12(13-3-5-14(19)6-4-13)23(2)17(24)11-22-15-7-9-16(10-8-15)25-18(20)21/h3-10,12,18,22H,11H2,1-2H3. The van der Waals surface area contributed by atoms with E-state index in [1.54, 1.807) is 48.3 Å². The Labute approximate surface area is 149 Å². The van der Waals surface area contributed by atoms with Crippen LogP contribution in [0.1, 0.15) is 18.5 Å². The molecule has 2 aromatic carbocycles. The van der Waals surface area contributed by atoms with Crippen LogP contribution in [-0.2, 0) is 4.79 Å². The third-order valence-electron chi connectivity index (χ3n) is 3.85. The maximum atomic E-state index is 13.0. The minimum Gasteiger partial charge on any atom is -0.376 e. The summed E-state index contributed by atoms with van der Waals surface area (Å²) >= 11 is 0.476. The van der Waals surface area contributed by atoms with Crippen LogP contribution in [0.5, 0.6) is 0 Å². The lowest BCUT2D eigenvalue weighted by molar-refractivity contribution is -0.129. The lowest BCUT2D eigenvalue weighted by atomic mass is 10.1. The number of carbonyl (C=O) groups is 1. The highest BCUT2D eigenvalue weighted by Crippen LogP contribution is 2.26. The molecule has 0 aliphatic rings. The summed E-state index contributed by atoms with van der Waals surface area (Å²) < 4.78 is 37.5. The monoisotopic (exact) mass is 368 g/mol. The molecule has 0 heterocycles. The van der Waals surface area contributed by atoms with Gasteiger partial charge in [0.25, 0.3) is 5.76 Å². The summed E-state index contributed by atoms with van der Waals surface area (Å²) in [7, 11) is 1.68. The molecule has 0 spiro atoms. The summed E-state index contributed by atoms with van der Waals surface area (Å²) in [5.41, 5.74) is 1.51. The summed E-state index contributed by atoms with van der Waals surface area (Å²) in [5, 5.41) is 2.97. The van der Waals surface area contributed by atoms with Crippen LogP contribution in [0.4, 0.5) is 18.9 Å². The normalized spacial score (nSPS) is 12.1. The second-order valence-corrected chi connectivity index (χ2v) is 6.55. The van der Waals surface area contributed by atoms with Crippen molar-refractivity contribution in [3.63, 3.8) is 0 Å². The molecule has 0 radical (unpaired) electrons. The molecule has 2 rings (SSSR count). The zero-order valence-corrected chi connectivity index (χ0v) is 14.7. The van der Waals surface area contributed by atoms with Crippen LogP contribution in [0.3, 0.4) is 0 Å². The Morgan fingerprint density at radius 1 is 1.12 bits per heavy atom. The van der Waals surface area contributed by atoms with Gasteiger partial charge >= 0.3 is 0 Å². The van der Waals surface area contributed by atoms with Crippen LogP contribution >= 0.6 is 11.8 Å². The molecular weight excluding hydrogens is 349 g/mol. The topological polar surface area (TPSA) is 32.3 Å². The van der Waals surface area contributed by atoms with Crippen molar-refractivity contribution in [1.29, 1.82) is 0 Å². The highest BCUT2D eigenvalue weighted by Gasteiger charge is 2.17. The molecule has 1 N–H and O–H groups in total. The van der Waals surface area contributed by atoms with E-state index in [0.29, 0.717) is 22.3 Å². The van der Waals surface area contributed by atoms with Crippen molar-refractivity contribution in [1.82, 2.24) is 4.90 Å². The fourth-order valence-corrected chi connectivity index (χ4v) is 2.74. The number of amides is 1. The first-order valence-corrected chi connectivity index (χ1v) is 8.54. The molecule has 3 nitrogen and oxygen atoms in total. The van der Waals surface area contributed by atoms with Crippen LogP contribution in [0, 0.1) is 5.82 Å². The summed E-state index contributed by atoms with van der Waals surface area (Å²) in [6.45, 7) is 1.94. The summed E-state index contributed by atoms with van der Waals surface area (Å²) in [5.74, 6) is -2.91. The molecule has 0 aromatic heterocycles. The smallest absolute Gasteiger partial charge is 0.288 e. The number of anilines is 1. The predicted octanol–water partition coefficient (Wildman–Crippen LogP) is 4.77. The Balaban J connectivity index is 1.89. The van der Waals surface area contributed by atoms with Gasteiger partial charge < -0.3 is 10.2 Å². The molecule has 2 aromatic rings. The van der Waals surface area contributed by atoms with Gasteiger partial charge in [-0.3, -0.25) is 4.79 Å². The van der Waals surface area contributed by atoms with Gasteiger partial charge in [-0.2, -0.15) is 8.78 Å². The predicted molar refractivity (Wildman–Crippen MR) is 94.4 cm³/mol. The largest absolute Gasteiger partial charge is 0.376 e. The second kappa shape index (κ2) is 8.80. The van der Waals surface area contributed by atoms with E-state index in [4.69, 9.17) is 0 Å². The number of likely N-dealkylation sites (N-methyl/N-ethyl adjacent to an activating group) is 1. The Morgan fingerprint density at radius 3 is 2.28 bits per heavy atom. The van der Waals surface area contributed by atoms with Gasteiger partial charge in [0, 0.05) is 17.6 Å². The maximum Gasteiger partial charge on any atom is 0.288 e. The van der Waals surface area contributed by atoms with E-state index in [0.717, 1.165) is 5.56 Å². The minimum absolute atomic E-state index is 0.0728. The van der Waals surface area contributed by atoms with Gasteiger partial charge in [-0.25, -0.2) is 4.39 Å². The Bertz CT molecular complexity index is 692. The molecule has 1 amide bonds. The van der Waals surface area contributed by atoms with Crippen LogP contribution in [0.2, 0.25) is 0 Å². The van der Waals surface area contributed by atoms with E-state index in [1.807, 2.05) is 6.92 Å². The molecule has 7 heteroatoms. The number of hydrogen-bond donors (Lipinski definition) is 1. The van der Waals surface area contributed by atoms with Gasteiger partial charge in [0.05, 0.1) is 12.6 Å². The summed E-state index contributed by atoms with van der Waals surface area (Å²) in [6, 6.07) is 12.3. The van der Waals surface area contributed by atoms with Gasteiger partial charge in [-0.05, 0) is 48.9 Å². The first-order chi connectivity index (χ1) is 11.9. The molecule has 134 valence electrons.